The Kier molecular flexibility index (Phi) is 4.65. The second kappa shape index (κ2) is 7.26. The van der Waals surface area contributed by atoms with Gasteiger partial charge in [0.05, 0.1) is 26.1 Å². The zero-order valence-electron chi connectivity index (χ0n) is 16.0. The molecule has 3 aromatic rings. The van der Waals surface area contributed by atoms with Gasteiger partial charge in [-0.3, -0.25) is 9.48 Å². The number of benzene rings is 2. The lowest BCUT2D eigenvalue weighted by Crippen LogP contribution is -2.21. The van der Waals surface area contributed by atoms with Gasteiger partial charge in [0.1, 0.15) is 18.9 Å². The average Bonchev–Trinajstić information content (AvgIpc) is 3.10. The van der Waals surface area contributed by atoms with Crippen molar-refractivity contribution in [1.82, 2.24) is 9.78 Å². The van der Waals surface area contributed by atoms with Crippen molar-refractivity contribution in [2.24, 2.45) is 0 Å². The van der Waals surface area contributed by atoms with Crippen molar-refractivity contribution >= 4 is 11.6 Å². The van der Waals surface area contributed by atoms with E-state index in [9.17, 15) is 4.79 Å². The SMILES string of the molecule is COc1ccc(NC(=O)Cn2ncc3c2-c2cc(C)ccc2OC3)cc1OC. The largest absolute Gasteiger partial charge is 0.493 e. The number of rotatable bonds is 5. The Morgan fingerprint density at radius 1 is 1.18 bits per heavy atom. The molecular formula is C21H21N3O4. The number of anilines is 1. The van der Waals surface area contributed by atoms with Crippen LogP contribution in [0.3, 0.4) is 0 Å². The number of hydrogen-bond acceptors (Lipinski definition) is 5. The van der Waals surface area contributed by atoms with E-state index in [1.807, 2.05) is 19.1 Å². The molecule has 2 aromatic carbocycles. The van der Waals surface area contributed by atoms with Gasteiger partial charge in [0.2, 0.25) is 5.91 Å². The molecular weight excluding hydrogens is 358 g/mol. The molecule has 1 aliphatic heterocycles. The molecule has 0 bridgehead atoms. The third-order valence-corrected chi connectivity index (χ3v) is 4.65. The molecule has 0 atom stereocenters. The van der Waals surface area contributed by atoms with Crippen molar-refractivity contribution in [1.29, 1.82) is 0 Å². The monoisotopic (exact) mass is 379 g/mol. The Labute approximate surface area is 162 Å². The maximum absolute atomic E-state index is 12.6. The number of carbonyl (C=O) groups is 1. The van der Waals surface area contributed by atoms with Gasteiger partial charge >= 0.3 is 0 Å². The van der Waals surface area contributed by atoms with Gasteiger partial charge in [-0.05, 0) is 31.2 Å². The molecule has 2 heterocycles. The molecule has 144 valence electrons. The Bertz CT molecular complexity index is 1040. The second-order valence-corrected chi connectivity index (χ2v) is 6.58. The smallest absolute Gasteiger partial charge is 0.246 e. The van der Waals surface area contributed by atoms with E-state index < -0.39 is 0 Å². The van der Waals surface area contributed by atoms with Crippen molar-refractivity contribution in [3.05, 3.63) is 53.7 Å². The fourth-order valence-corrected chi connectivity index (χ4v) is 3.32. The number of carbonyl (C=O) groups excluding carboxylic acids is 1. The van der Waals surface area contributed by atoms with Gasteiger partial charge in [-0.1, -0.05) is 11.6 Å². The topological polar surface area (TPSA) is 74.6 Å². The predicted molar refractivity (Wildman–Crippen MR) is 105 cm³/mol. The molecule has 7 heteroatoms. The van der Waals surface area contributed by atoms with E-state index in [-0.39, 0.29) is 12.5 Å². The maximum Gasteiger partial charge on any atom is 0.246 e. The lowest BCUT2D eigenvalue weighted by molar-refractivity contribution is -0.116. The van der Waals surface area contributed by atoms with Gasteiger partial charge in [-0.25, -0.2) is 0 Å². The number of ether oxygens (including phenoxy) is 3. The van der Waals surface area contributed by atoms with E-state index in [0.717, 1.165) is 28.1 Å². The van der Waals surface area contributed by atoms with Crippen LogP contribution in [0.2, 0.25) is 0 Å². The number of nitrogens with one attached hydrogen (secondary N) is 1. The van der Waals surface area contributed by atoms with E-state index in [4.69, 9.17) is 14.2 Å². The van der Waals surface area contributed by atoms with E-state index >= 15 is 0 Å². The molecule has 1 amide bonds. The molecule has 1 aromatic heterocycles. The molecule has 0 radical (unpaired) electrons. The van der Waals surface area contributed by atoms with E-state index in [1.165, 1.54) is 0 Å². The number of aromatic nitrogens is 2. The minimum absolute atomic E-state index is 0.0943. The van der Waals surface area contributed by atoms with E-state index in [1.54, 1.807) is 43.3 Å². The van der Waals surface area contributed by atoms with Crippen LogP contribution in [0, 0.1) is 6.92 Å². The van der Waals surface area contributed by atoms with Crippen LogP contribution >= 0.6 is 0 Å². The van der Waals surface area contributed by atoms with E-state index in [0.29, 0.717) is 23.8 Å². The fourth-order valence-electron chi connectivity index (χ4n) is 3.32. The molecule has 1 aliphatic rings. The molecule has 0 unspecified atom stereocenters. The Balaban J connectivity index is 1.57. The van der Waals surface area contributed by atoms with Gasteiger partial charge < -0.3 is 19.5 Å². The lowest BCUT2D eigenvalue weighted by atomic mass is 10.0. The second-order valence-electron chi connectivity index (χ2n) is 6.58. The highest BCUT2D eigenvalue weighted by molar-refractivity contribution is 5.91. The van der Waals surface area contributed by atoms with Crippen molar-refractivity contribution in [2.75, 3.05) is 19.5 Å². The van der Waals surface area contributed by atoms with Crippen LogP contribution in [0.5, 0.6) is 17.2 Å². The molecule has 4 rings (SSSR count). The maximum atomic E-state index is 12.6. The van der Waals surface area contributed by atoms with Gasteiger partial charge in [0.25, 0.3) is 0 Å². The predicted octanol–water partition coefficient (Wildman–Crippen LogP) is 3.41. The first-order valence-corrected chi connectivity index (χ1v) is 8.89. The molecule has 1 N–H and O–H groups in total. The number of aryl methyl sites for hydroxylation is 1. The minimum Gasteiger partial charge on any atom is -0.493 e. The minimum atomic E-state index is -0.182. The van der Waals surface area contributed by atoms with Crippen molar-refractivity contribution in [3.63, 3.8) is 0 Å². The molecule has 0 fully saturated rings. The highest BCUT2D eigenvalue weighted by Crippen LogP contribution is 2.38. The quantitative estimate of drug-likeness (QED) is 0.735. The highest BCUT2D eigenvalue weighted by Gasteiger charge is 2.23. The average molecular weight is 379 g/mol. The van der Waals surface area contributed by atoms with Gasteiger partial charge in [0, 0.05) is 22.9 Å². The zero-order chi connectivity index (χ0) is 19.7. The number of nitrogens with zero attached hydrogens (tertiary/aromatic N) is 2. The first kappa shape index (κ1) is 17.9. The highest BCUT2D eigenvalue weighted by atomic mass is 16.5. The lowest BCUT2D eigenvalue weighted by Gasteiger charge is -2.20. The molecule has 0 saturated carbocycles. The molecule has 28 heavy (non-hydrogen) atoms. The fraction of sp³-hybridized carbons (Fsp3) is 0.238. The molecule has 0 spiro atoms. The third kappa shape index (κ3) is 3.26. The van der Waals surface area contributed by atoms with Crippen LogP contribution in [0.15, 0.2) is 42.6 Å². The van der Waals surface area contributed by atoms with Gasteiger partial charge in [-0.15, -0.1) is 0 Å². The van der Waals surface area contributed by atoms with Crippen molar-refractivity contribution in [3.8, 4) is 28.5 Å². The summed E-state index contributed by atoms with van der Waals surface area (Å²) in [5, 5.41) is 7.28. The molecule has 7 nitrogen and oxygen atoms in total. The Morgan fingerprint density at radius 3 is 2.79 bits per heavy atom. The van der Waals surface area contributed by atoms with E-state index in [2.05, 4.69) is 16.5 Å². The summed E-state index contributed by atoms with van der Waals surface area (Å²) in [6.07, 6.45) is 1.75. The number of amides is 1. The number of methoxy groups -OCH3 is 2. The van der Waals surface area contributed by atoms with Crippen LogP contribution < -0.4 is 19.5 Å². The van der Waals surface area contributed by atoms with Crippen molar-refractivity contribution < 1.29 is 19.0 Å². The number of hydrogen-bond donors (Lipinski definition) is 1. The summed E-state index contributed by atoms with van der Waals surface area (Å²) in [6.45, 7) is 2.57. The van der Waals surface area contributed by atoms with Crippen LogP contribution in [0.4, 0.5) is 5.69 Å². The van der Waals surface area contributed by atoms with Gasteiger partial charge in [0.15, 0.2) is 11.5 Å². The van der Waals surface area contributed by atoms with Gasteiger partial charge in [-0.2, -0.15) is 5.10 Å². The summed E-state index contributed by atoms with van der Waals surface area (Å²) < 4.78 is 18.0. The first-order chi connectivity index (χ1) is 13.6. The molecule has 0 aliphatic carbocycles. The molecule has 0 saturated heterocycles. The summed E-state index contributed by atoms with van der Waals surface area (Å²) in [7, 11) is 3.13. The Hall–Kier alpha value is -3.48. The van der Waals surface area contributed by atoms with Crippen LogP contribution in [0.25, 0.3) is 11.3 Å². The third-order valence-electron chi connectivity index (χ3n) is 4.65. The summed E-state index contributed by atoms with van der Waals surface area (Å²) in [6, 6.07) is 11.3. The van der Waals surface area contributed by atoms with Crippen LogP contribution in [-0.2, 0) is 17.9 Å². The normalized spacial score (nSPS) is 11.8. The Morgan fingerprint density at radius 2 is 2.00 bits per heavy atom. The standard InChI is InChI=1S/C21H21N3O4/c1-13-4-6-17-16(8-13)21-14(12-28-17)10-22-24(21)11-20(25)23-15-5-7-18(26-2)19(9-15)27-3/h4-10H,11-12H2,1-3H3,(H,23,25). The first-order valence-electron chi connectivity index (χ1n) is 8.89. The van der Waals surface area contributed by atoms with Crippen LogP contribution in [-0.4, -0.2) is 29.9 Å². The zero-order valence-corrected chi connectivity index (χ0v) is 16.0. The summed E-state index contributed by atoms with van der Waals surface area (Å²) >= 11 is 0. The summed E-state index contributed by atoms with van der Waals surface area (Å²) in [5.41, 5.74) is 4.60. The van der Waals surface area contributed by atoms with Crippen LogP contribution in [0.1, 0.15) is 11.1 Å². The summed E-state index contributed by atoms with van der Waals surface area (Å²) in [5.74, 6) is 1.78. The number of fused-ring (bicyclic) bond motifs is 3. The summed E-state index contributed by atoms with van der Waals surface area (Å²) in [4.78, 5) is 12.6. The van der Waals surface area contributed by atoms with Crippen molar-refractivity contribution in [2.45, 2.75) is 20.1 Å².